The van der Waals surface area contributed by atoms with Crippen LogP contribution in [-0.4, -0.2) is 20.1 Å². The molecule has 5 nitrogen and oxygen atoms in total. The van der Waals surface area contributed by atoms with Gasteiger partial charge in [0.25, 0.3) is 10.0 Å². The number of hydrogen-bond donors (Lipinski definition) is 2. The number of aliphatic hydroxyl groups excluding tert-OH is 1. The second-order valence-corrected chi connectivity index (χ2v) is 5.98. The minimum atomic E-state index is -3.73. The zero-order valence-corrected chi connectivity index (χ0v) is 12.4. The molecule has 0 aliphatic heterocycles. The van der Waals surface area contributed by atoms with Gasteiger partial charge in [-0.1, -0.05) is 18.2 Å². The summed E-state index contributed by atoms with van der Waals surface area (Å²) in [6, 6.07) is 13.0. The molecule has 2 aromatic rings. The van der Waals surface area contributed by atoms with E-state index in [0.717, 1.165) is 0 Å². The quantitative estimate of drug-likeness (QED) is 0.859. The van der Waals surface area contributed by atoms with Gasteiger partial charge in [-0.25, -0.2) is 8.42 Å². The van der Waals surface area contributed by atoms with Crippen molar-refractivity contribution in [1.82, 2.24) is 0 Å². The molecule has 0 amide bonds. The van der Waals surface area contributed by atoms with Gasteiger partial charge in [-0.3, -0.25) is 4.72 Å². The third-order valence-corrected chi connectivity index (χ3v) is 4.33. The van der Waals surface area contributed by atoms with Gasteiger partial charge in [-0.15, -0.1) is 0 Å². The molecule has 0 aromatic heterocycles. The lowest BCUT2D eigenvalue weighted by Gasteiger charge is -2.11. The van der Waals surface area contributed by atoms with Crippen molar-refractivity contribution in [3.8, 4) is 5.75 Å². The number of nitrogens with one attached hydrogen (secondary N) is 1. The van der Waals surface area contributed by atoms with Crippen molar-refractivity contribution in [2.45, 2.75) is 18.4 Å². The highest BCUT2D eigenvalue weighted by atomic mass is 32.2. The summed E-state index contributed by atoms with van der Waals surface area (Å²) in [7, 11) is -3.73. The third-order valence-electron chi connectivity index (χ3n) is 2.85. The molecule has 2 N–H and O–H groups in total. The fraction of sp³-hybridized carbons (Fsp3) is 0.200. The second-order valence-electron chi connectivity index (χ2n) is 4.33. The van der Waals surface area contributed by atoms with E-state index in [1.807, 2.05) is 6.92 Å². The van der Waals surface area contributed by atoms with E-state index in [0.29, 0.717) is 23.6 Å². The summed E-state index contributed by atoms with van der Waals surface area (Å²) in [4.78, 5) is 0.0707. The Morgan fingerprint density at radius 3 is 2.38 bits per heavy atom. The van der Waals surface area contributed by atoms with Crippen LogP contribution in [0.5, 0.6) is 5.75 Å². The van der Waals surface area contributed by atoms with Crippen molar-refractivity contribution in [2.24, 2.45) is 0 Å². The SMILES string of the molecule is CCOc1ccc(NS(=O)(=O)c2ccccc2CO)cc1. The molecular weight excluding hydrogens is 290 g/mol. The minimum Gasteiger partial charge on any atom is -0.494 e. The Labute approximate surface area is 124 Å². The van der Waals surface area contributed by atoms with Crippen LogP contribution in [0.15, 0.2) is 53.4 Å². The highest BCUT2D eigenvalue weighted by molar-refractivity contribution is 7.92. The van der Waals surface area contributed by atoms with Crippen LogP contribution >= 0.6 is 0 Å². The number of aliphatic hydroxyl groups is 1. The molecule has 0 radical (unpaired) electrons. The number of ether oxygens (including phenoxy) is 1. The van der Waals surface area contributed by atoms with Crippen LogP contribution in [0.3, 0.4) is 0 Å². The van der Waals surface area contributed by atoms with E-state index in [1.165, 1.54) is 6.07 Å². The molecule has 0 unspecified atom stereocenters. The summed E-state index contributed by atoms with van der Waals surface area (Å²) in [6.07, 6.45) is 0. The standard InChI is InChI=1S/C15H17NO4S/c1-2-20-14-9-7-13(8-10-14)16-21(18,19)15-6-4-3-5-12(15)11-17/h3-10,16-17H,2,11H2,1H3. The van der Waals surface area contributed by atoms with Crippen molar-refractivity contribution in [3.05, 3.63) is 54.1 Å². The maximum absolute atomic E-state index is 12.3. The van der Waals surface area contributed by atoms with Gasteiger partial charge in [-0.05, 0) is 42.8 Å². The van der Waals surface area contributed by atoms with Gasteiger partial charge >= 0.3 is 0 Å². The maximum atomic E-state index is 12.3. The fourth-order valence-corrected chi connectivity index (χ4v) is 3.18. The molecule has 0 saturated heterocycles. The largest absolute Gasteiger partial charge is 0.494 e. The zero-order chi connectivity index (χ0) is 15.3. The van der Waals surface area contributed by atoms with Gasteiger partial charge in [0.05, 0.1) is 18.1 Å². The third kappa shape index (κ3) is 3.74. The number of benzene rings is 2. The first-order valence-corrected chi connectivity index (χ1v) is 7.99. The summed E-state index contributed by atoms with van der Waals surface area (Å²) >= 11 is 0. The smallest absolute Gasteiger partial charge is 0.262 e. The Hall–Kier alpha value is -2.05. The number of hydrogen-bond acceptors (Lipinski definition) is 4. The molecule has 0 spiro atoms. The van der Waals surface area contributed by atoms with Crippen LogP contribution in [0.4, 0.5) is 5.69 Å². The lowest BCUT2D eigenvalue weighted by molar-refractivity contribution is 0.278. The Balaban J connectivity index is 2.24. The molecule has 0 heterocycles. The van der Waals surface area contributed by atoms with Crippen LogP contribution in [0.2, 0.25) is 0 Å². The van der Waals surface area contributed by atoms with Crippen LogP contribution in [-0.2, 0) is 16.6 Å². The molecule has 0 atom stereocenters. The van der Waals surface area contributed by atoms with Crippen molar-refractivity contribution in [3.63, 3.8) is 0 Å². The van der Waals surface area contributed by atoms with Crippen molar-refractivity contribution < 1.29 is 18.3 Å². The first-order chi connectivity index (χ1) is 10.1. The normalized spacial score (nSPS) is 11.1. The summed E-state index contributed by atoms with van der Waals surface area (Å²) in [5.41, 5.74) is 0.794. The maximum Gasteiger partial charge on any atom is 0.262 e. The van der Waals surface area contributed by atoms with Crippen LogP contribution in [0, 0.1) is 0 Å². The van der Waals surface area contributed by atoms with E-state index in [2.05, 4.69) is 4.72 Å². The lowest BCUT2D eigenvalue weighted by atomic mass is 10.2. The summed E-state index contributed by atoms with van der Waals surface area (Å²) in [5.74, 6) is 0.677. The van der Waals surface area contributed by atoms with Crippen LogP contribution in [0.1, 0.15) is 12.5 Å². The number of sulfonamides is 1. The molecular formula is C15H17NO4S. The highest BCUT2D eigenvalue weighted by Crippen LogP contribution is 2.21. The van der Waals surface area contributed by atoms with Crippen molar-refractivity contribution in [2.75, 3.05) is 11.3 Å². The lowest BCUT2D eigenvalue weighted by Crippen LogP contribution is -2.15. The first-order valence-electron chi connectivity index (χ1n) is 6.51. The predicted molar refractivity (Wildman–Crippen MR) is 80.8 cm³/mol. The summed E-state index contributed by atoms with van der Waals surface area (Å²) in [6.45, 7) is 2.09. The Morgan fingerprint density at radius 2 is 1.76 bits per heavy atom. The molecule has 2 rings (SSSR count). The van der Waals surface area contributed by atoms with Gasteiger partial charge in [0.2, 0.25) is 0 Å². The van der Waals surface area contributed by atoms with Crippen molar-refractivity contribution in [1.29, 1.82) is 0 Å². The molecule has 6 heteroatoms. The van der Waals surface area contributed by atoms with Crippen LogP contribution < -0.4 is 9.46 Å². The molecule has 0 aliphatic rings. The van der Waals surface area contributed by atoms with Gasteiger partial charge in [0.15, 0.2) is 0 Å². The van der Waals surface area contributed by atoms with Gasteiger partial charge in [0.1, 0.15) is 5.75 Å². The molecule has 0 saturated carbocycles. The van der Waals surface area contributed by atoms with E-state index in [-0.39, 0.29) is 11.5 Å². The molecule has 21 heavy (non-hydrogen) atoms. The molecule has 112 valence electrons. The monoisotopic (exact) mass is 307 g/mol. The first kappa shape index (κ1) is 15.3. The zero-order valence-electron chi connectivity index (χ0n) is 11.6. The average molecular weight is 307 g/mol. The molecule has 2 aromatic carbocycles. The molecule has 0 aliphatic carbocycles. The van der Waals surface area contributed by atoms with E-state index >= 15 is 0 Å². The van der Waals surface area contributed by atoms with Gasteiger partial charge in [-0.2, -0.15) is 0 Å². The molecule has 0 fully saturated rings. The number of rotatable bonds is 6. The average Bonchev–Trinajstić information content (AvgIpc) is 2.49. The van der Waals surface area contributed by atoms with E-state index in [9.17, 15) is 13.5 Å². The van der Waals surface area contributed by atoms with Crippen molar-refractivity contribution >= 4 is 15.7 Å². The Morgan fingerprint density at radius 1 is 1.10 bits per heavy atom. The highest BCUT2D eigenvalue weighted by Gasteiger charge is 2.17. The van der Waals surface area contributed by atoms with Gasteiger partial charge in [0, 0.05) is 5.69 Å². The summed E-state index contributed by atoms with van der Waals surface area (Å²) < 4.78 is 32.5. The van der Waals surface area contributed by atoms with E-state index < -0.39 is 10.0 Å². The Bertz CT molecular complexity index is 696. The predicted octanol–water partition coefficient (Wildman–Crippen LogP) is 2.38. The van der Waals surface area contributed by atoms with E-state index in [1.54, 1.807) is 42.5 Å². The fourth-order valence-electron chi connectivity index (χ4n) is 1.89. The summed E-state index contributed by atoms with van der Waals surface area (Å²) in [5, 5.41) is 9.23. The number of anilines is 1. The topological polar surface area (TPSA) is 75.6 Å². The molecule has 0 bridgehead atoms. The van der Waals surface area contributed by atoms with E-state index in [4.69, 9.17) is 4.74 Å². The van der Waals surface area contributed by atoms with Gasteiger partial charge < -0.3 is 9.84 Å². The minimum absolute atomic E-state index is 0.0707. The Kier molecular flexibility index (Phi) is 4.82. The second kappa shape index (κ2) is 6.60. The van der Waals surface area contributed by atoms with Crippen LogP contribution in [0.25, 0.3) is 0 Å².